The summed E-state index contributed by atoms with van der Waals surface area (Å²) in [5.74, 6) is -0.996. The van der Waals surface area contributed by atoms with E-state index in [9.17, 15) is 18.0 Å². The van der Waals surface area contributed by atoms with Crippen LogP contribution in [0, 0.1) is 6.92 Å². The van der Waals surface area contributed by atoms with Crippen molar-refractivity contribution in [2.24, 2.45) is 0 Å². The van der Waals surface area contributed by atoms with Crippen LogP contribution < -0.4 is 5.32 Å². The lowest BCUT2D eigenvalue weighted by atomic mass is 9.97. The fraction of sp³-hybridized carbons (Fsp3) is 0.667. The van der Waals surface area contributed by atoms with Crippen molar-refractivity contribution in [3.8, 4) is 0 Å². The highest BCUT2D eigenvalue weighted by Crippen LogP contribution is 2.32. The van der Waals surface area contributed by atoms with Crippen LogP contribution in [-0.2, 0) is 19.6 Å². The Morgan fingerprint density at radius 3 is 2.44 bits per heavy atom. The normalized spacial score (nSPS) is 19.9. The van der Waals surface area contributed by atoms with Gasteiger partial charge in [-0.05, 0) is 39.5 Å². The molecule has 2 heterocycles. The van der Waals surface area contributed by atoms with E-state index in [4.69, 9.17) is 9.15 Å². The molecule has 1 aliphatic carbocycles. The molecule has 2 aliphatic rings. The molecular weight excluding hydrogens is 372 g/mol. The van der Waals surface area contributed by atoms with Gasteiger partial charge in [-0.2, -0.15) is 4.31 Å². The minimum absolute atomic E-state index is 0.00570. The van der Waals surface area contributed by atoms with E-state index in [1.165, 1.54) is 17.3 Å². The van der Waals surface area contributed by atoms with Crippen LogP contribution in [0.5, 0.6) is 0 Å². The van der Waals surface area contributed by atoms with E-state index in [0.29, 0.717) is 25.9 Å². The van der Waals surface area contributed by atoms with Crippen molar-refractivity contribution >= 4 is 21.9 Å². The van der Waals surface area contributed by atoms with Crippen LogP contribution in [0.3, 0.4) is 0 Å². The molecule has 1 aromatic heterocycles. The first-order chi connectivity index (χ1) is 12.8. The first-order valence-electron chi connectivity index (χ1n) is 9.40. The second-order valence-electron chi connectivity index (χ2n) is 7.11. The molecule has 3 rings (SSSR count). The summed E-state index contributed by atoms with van der Waals surface area (Å²) in [5, 5.41) is 2.74. The summed E-state index contributed by atoms with van der Waals surface area (Å²) in [4.78, 5) is 25.1. The smallest absolute Gasteiger partial charge is 0.331 e. The number of sulfonamides is 1. The number of ether oxygens (including phenoxy) is 1. The lowest BCUT2D eigenvalue weighted by molar-refractivity contribution is -0.150. The molecule has 1 saturated heterocycles. The Morgan fingerprint density at radius 1 is 1.22 bits per heavy atom. The number of carbonyl (C=O) groups is 2. The Kier molecular flexibility index (Phi) is 5.62. The first-order valence-corrected chi connectivity index (χ1v) is 10.8. The Hall–Kier alpha value is -1.87. The predicted molar refractivity (Wildman–Crippen MR) is 96.7 cm³/mol. The van der Waals surface area contributed by atoms with E-state index in [2.05, 4.69) is 5.32 Å². The highest BCUT2D eigenvalue weighted by Gasteiger charge is 2.44. The van der Waals surface area contributed by atoms with Gasteiger partial charge < -0.3 is 14.5 Å². The average molecular weight is 398 g/mol. The van der Waals surface area contributed by atoms with Crippen molar-refractivity contribution in [3.05, 3.63) is 17.6 Å². The summed E-state index contributed by atoms with van der Waals surface area (Å²) >= 11 is 0. The van der Waals surface area contributed by atoms with Crippen LogP contribution >= 0.6 is 0 Å². The van der Waals surface area contributed by atoms with E-state index in [-0.39, 0.29) is 23.0 Å². The fourth-order valence-electron chi connectivity index (χ4n) is 3.81. The zero-order valence-corrected chi connectivity index (χ0v) is 16.6. The molecule has 0 atom stereocenters. The number of nitrogens with one attached hydrogen (secondary N) is 1. The van der Waals surface area contributed by atoms with E-state index in [1.807, 2.05) is 0 Å². The molecule has 9 heteroatoms. The van der Waals surface area contributed by atoms with Gasteiger partial charge in [-0.25, -0.2) is 13.2 Å². The van der Waals surface area contributed by atoms with E-state index in [1.54, 1.807) is 6.92 Å². The average Bonchev–Trinajstić information content (AvgIpc) is 3.36. The molecule has 1 N–H and O–H groups in total. The summed E-state index contributed by atoms with van der Waals surface area (Å²) in [6.07, 6.45) is 4.26. The third kappa shape index (κ3) is 3.75. The van der Waals surface area contributed by atoms with Crippen LogP contribution in [0.25, 0.3) is 0 Å². The van der Waals surface area contributed by atoms with Gasteiger partial charge in [0.05, 0.1) is 6.61 Å². The number of hydrogen-bond donors (Lipinski definition) is 1. The molecule has 0 unspecified atom stereocenters. The molecule has 1 amide bonds. The molecule has 27 heavy (non-hydrogen) atoms. The molecule has 1 aromatic rings. The second-order valence-corrected chi connectivity index (χ2v) is 9.01. The van der Waals surface area contributed by atoms with Crippen LogP contribution in [0.15, 0.2) is 15.4 Å². The highest BCUT2D eigenvalue weighted by atomic mass is 32.2. The number of furan rings is 1. The second kappa shape index (κ2) is 7.63. The number of hydrogen-bond acceptors (Lipinski definition) is 6. The van der Waals surface area contributed by atoms with Crippen LogP contribution in [0.1, 0.15) is 61.8 Å². The molecule has 150 valence electrons. The van der Waals surface area contributed by atoms with Gasteiger partial charge in [0, 0.05) is 19.2 Å². The third-order valence-corrected chi connectivity index (χ3v) is 7.26. The maximum atomic E-state index is 12.8. The van der Waals surface area contributed by atoms with E-state index >= 15 is 0 Å². The summed E-state index contributed by atoms with van der Waals surface area (Å²) in [7, 11) is -3.68. The molecule has 0 spiro atoms. The summed E-state index contributed by atoms with van der Waals surface area (Å²) < 4.78 is 37.5. The van der Waals surface area contributed by atoms with Gasteiger partial charge in [0.25, 0.3) is 5.91 Å². The summed E-state index contributed by atoms with van der Waals surface area (Å²) in [6.45, 7) is 4.42. The van der Waals surface area contributed by atoms with Gasteiger partial charge in [0.15, 0.2) is 5.76 Å². The molecule has 2 fully saturated rings. The predicted octanol–water partition coefficient (Wildman–Crippen LogP) is 1.98. The van der Waals surface area contributed by atoms with Gasteiger partial charge in [0.1, 0.15) is 16.2 Å². The fourth-order valence-corrected chi connectivity index (χ4v) is 5.49. The standard InChI is InChI=1S/C18H26N2O6S/c1-3-25-17(22)18(8-4-5-9-18)19-16(21)14-12-15(13(2)26-14)27(23,24)20-10-6-7-11-20/h12H,3-11H2,1-2H3,(H,19,21). The number of aryl methyl sites for hydroxylation is 1. The molecule has 0 radical (unpaired) electrons. The van der Waals surface area contributed by atoms with Crippen LogP contribution in [0.4, 0.5) is 0 Å². The molecule has 0 bridgehead atoms. The van der Waals surface area contributed by atoms with E-state index in [0.717, 1.165) is 25.7 Å². The molecular formula is C18H26N2O6S. The molecule has 8 nitrogen and oxygen atoms in total. The zero-order chi connectivity index (χ0) is 19.7. The lowest BCUT2D eigenvalue weighted by Gasteiger charge is -2.27. The molecule has 1 aliphatic heterocycles. The molecule has 0 aromatic carbocycles. The zero-order valence-electron chi connectivity index (χ0n) is 15.7. The maximum Gasteiger partial charge on any atom is 0.331 e. The van der Waals surface area contributed by atoms with Crippen molar-refractivity contribution in [2.75, 3.05) is 19.7 Å². The Labute approximate surface area is 159 Å². The Bertz CT molecular complexity index is 817. The number of carbonyl (C=O) groups excluding carboxylic acids is 2. The monoisotopic (exact) mass is 398 g/mol. The minimum Gasteiger partial charge on any atom is -0.464 e. The van der Waals surface area contributed by atoms with E-state index < -0.39 is 27.4 Å². The topological polar surface area (TPSA) is 106 Å². The van der Waals surface area contributed by atoms with Crippen LogP contribution in [0.2, 0.25) is 0 Å². The summed E-state index contributed by atoms with van der Waals surface area (Å²) in [5.41, 5.74) is -1.07. The number of amides is 1. The maximum absolute atomic E-state index is 12.8. The van der Waals surface area contributed by atoms with Crippen molar-refractivity contribution in [3.63, 3.8) is 0 Å². The largest absolute Gasteiger partial charge is 0.464 e. The SMILES string of the molecule is CCOC(=O)C1(NC(=O)c2cc(S(=O)(=O)N3CCCC3)c(C)o2)CCCC1. The quantitative estimate of drug-likeness (QED) is 0.735. The van der Waals surface area contributed by atoms with Crippen molar-refractivity contribution < 1.29 is 27.2 Å². The highest BCUT2D eigenvalue weighted by molar-refractivity contribution is 7.89. The number of rotatable bonds is 6. The van der Waals surface area contributed by atoms with Crippen molar-refractivity contribution in [1.82, 2.24) is 9.62 Å². The Balaban J connectivity index is 1.82. The van der Waals surface area contributed by atoms with Gasteiger partial charge in [-0.1, -0.05) is 12.8 Å². The van der Waals surface area contributed by atoms with Gasteiger partial charge >= 0.3 is 5.97 Å². The number of nitrogens with zero attached hydrogens (tertiary/aromatic N) is 1. The third-order valence-electron chi connectivity index (χ3n) is 5.25. The van der Waals surface area contributed by atoms with Crippen molar-refractivity contribution in [1.29, 1.82) is 0 Å². The van der Waals surface area contributed by atoms with Crippen LogP contribution in [-0.4, -0.2) is 49.8 Å². The number of esters is 1. The first kappa shape index (κ1) is 19.9. The van der Waals surface area contributed by atoms with Crippen molar-refractivity contribution in [2.45, 2.75) is 62.8 Å². The Morgan fingerprint density at radius 2 is 1.85 bits per heavy atom. The van der Waals surface area contributed by atoms with Gasteiger partial charge in [0.2, 0.25) is 10.0 Å². The lowest BCUT2D eigenvalue weighted by Crippen LogP contribution is -2.53. The summed E-state index contributed by atoms with van der Waals surface area (Å²) in [6, 6.07) is 1.26. The molecule has 1 saturated carbocycles. The van der Waals surface area contributed by atoms with Gasteiger partial charge in [-0.15, -0.1) is 0 Å². The minimum atomic E-state index is -3.68. The van der Waals surface area contributed by atoms with Gasteiger partial charge in [-0.3, -0.25) is 4.79 Å².